The first-order valence-corrected chi connectivity index (χ1v) is 7.34. The van der Waals surface area contributed by atoms with Crippen LogP contribution in [0.1, 0.15) is 18.1 Å². The smallest absolute Gasteiger partial charge is 0.330 e. The number of carbonyl (C=O) groups is 1. The molecule has 0 heterocycles. The number of ether oxygens (including phenoxy) is 2. The van der Waals surface area contributed by atoms with E-state index in [-0.39, 0.29) is 5.97 Å². The summed E-state index contributed by atoms with van der Waals surface area (Å²) in [6, 6.07) is 15.3. The molecular weight excluding hydrogens is 290 g/mol. The van der Waals surface area contributed by atoms with E-state index in [9.17, 15) is 4.79 Å². The summed E-state index contributed by atoms with van der Waals surface area (Å²) in [5, 5.41) is 0. The Labute approximate surface area is 136 Å². The van der Waals surface area contributed by atoms with Gasteiger partial charge in [-0.2, -0.15) is 0 Å². The minimum absolute atomic E-state index is 0.339. The molecule has 0 unspecified atom stereocenters. The molecule has 23 heavy (non-hydrogen) atoms. The van der Waals surface area contributed by atoms with E-state index >= 15 is 0 Å². The van der Waals surface area contributed by atoms with Crippen molar-refractivity contribution in [2.24, 2.45) is 4.99 Å². The van der Waals surface area contributed by atoms with E-state index in [4.69, 9.17) is 9.47 Å². The number of benzene rings is 2. The lowest BCUT2D eigenvalue weighted by Crippen LogP contribution is -1.98. The Hall–Kier alpha value is -2.88. The van der Waals surface area contributed by atoms with Crippen LogP contribution in [0.25, 0.3) is 6.08 Å². The molecule has 0 amide bonds. The fraction of sp³-hybridized carbons (Fsp3) is 0.158. The van der Waals surface area contributed by atoms with Gasteiger partial charge in [-0.05, 0) is 60.5 Å². The van der Waals surface area contributed by atoms with Crippen molar-refractivity contribution in [1.29, 1.82) is 0 Å². The zero-order valence-corrected chi connectivity index (χ0v) is 13.2. The van der Waals surface area contributed by atoms with Gasteiger partial charge >= 0.3 is 5.97 Å². The van der Waals surface area contributed by atoms with Crippen LogP contribution in [-0.4, -0.2) is 25.9 Å². The molecule has 118 valence electrons. The van der Waals surface area contributed by atoms with E-state index in [1.54, 1.807) is 26.3 Å². The second-order valence-corrected chi connectivity index (χ2v) is 4.71. The SMILES string of the molecule is CCOC(=O)/C=C\c1ccc(N=Cc2ccc(OC)cc2)cc1. The van der Waals surface area contributed by atoms with Gasteiger partial charge in [0.25, 0.3) is 0 Å². The Morgan fingerprint density at radius 3 is 2.30 bits per heavy atom. The van der Waals surface area contributed by atoms with Gasteiger partial charge in [0, 0.05) is 12.3 Å². The van der Waals surface area contributed by atoms with Crippen molar-refractivity contribution in [3.63, 3.8) is 0 Å². The first-order valence-electron chi connectivity index (χ1n) is 7.34. The lowest BCUT2D eigenvalue weighted by Gasteiger charge is -1.99. The molecule has 0 aliphatic rings. The molecule has 0 bridgehead atoms. The van der Waals surface area contributed by atoms with Crippen LogP contribution in [0.4, 0.5) is 5.69 Å². The highest BCUT2D eigenvalue weighted by atomic mass is 16.5. The first kappa shape index (κ1) is 16.5. The quantitative estimate of drug-likeness (QED) is 0.460. The number of methoxy groups -OCH3 is 1. The monoisotopic (exact) mass is 309 g/mol. The highest BCUT2D eigenvalue weighted by molar-refractivity contribution is 5.87. The Balaban J connectivity index is 1.98. The topological polar surface area (TPSA) is 47.9 Å². The lowest BCUT2D eigenvalue weighted by molar-refractivity contribution is -0.137. The third-order valence-electron chi connectivity index (χ3n) is 3.07. The fourth-order valence-corrected chi connectivity index (χ4v) is 1.87. The maximum Gasteiger partial charge on any atom is 0.330 e. The number of aliphatic imine (C=N–C) groups is 1. The van der Waals surface area contributed by atoms with Gasteiger partial charge in [-0.1, -0.05) is 12.1 Å². The molecule has 0 atom stereocenters. The second-order valence-electron chi connectivity index (χ2n) is 4.71. The maximum atomic E-state index is 11.2. The van der Waals surface area contributed by atoms with Gasteiger partial charge in [-0.25, -0.2) is 4.79 Å². The summed E-state index contributed by atoms with van der Waals surface area (Å²) in [5.74, 6) is 0.481. The molecule has 4 heteroatoms. The highest BCUT2D eigenvalue weighted by Crippen LogP contribution is 2.15. The zero-order chi connectivity index (χ0) is 16.5. The number of nitrogens with zero attached hydrogens (tertiary/aromatic N) is 1. The number of hydrogen-bond donors (Lipinski definition) is 0. The normalized spacial score (nSPS) is 11.0. The Morgan fingerprint density at radius 2 is 1.70 bits per heavy atom. The molecule has 4 nitrogen and oxygen atoms in total. The van der Waals surface area contributed by atoms with E-state index in [2.05, 4.69) is 4.99 Å². The van der Waals surface area contributed by atoms with Crippen molar-refractivity contribution in [2.75, 3.05) is 13.7 Å². The zero-order valence-electron chi connectivity index (χ0n) is 13.2. The molecule has 0 radical (unpaired) electrons. The van der Waals surface area contributed by atoms with E-state index in [1.165, 1.54) is 6.08 Å². The minimum Gasteiger partial charge on any atom is -0.497 e. The molecule has 2 aromatic carbocycles. The average Bonchev–Trinajstić information content (AvgIpc) is 2.60. The number of hydrogen-bond acceptors (Lipinski definition) is 4. The van der Waals surface area contributed by atoms with Crippen molar-refractivity contribution >= 4 is 23.9 Å². The van der Waals surface area contributed by atoms with Gasteiger partial charge in [-0.3, -0.25) is 4.99 Å². The van der Waals surface area contributed by atoms with Crippen LogP contribution >= 0.6 is 0 Å². The van der Waals surface area contributed by atoms with E-state index < -0.39 is 0 Å². The van der Waals surface area contributed by atoms with Gasteiger partial charge in [-0.15, -0.1) is 0 Å². The van der Waals surface area contributed by atoms with Crippen molar-refractivity contribution in [3.05, 3.63) is 65.7 Å². The van der Waals surface area contributed by atoms with Gasteiger partial charge in [0.2, 0.25) is 0 Å². The second kappa shape index (κ2) is 8.54. The Morgan fingerprint density at radius 1 is 1.04 bits per heavy atom. The summed E-state index contributed by atoms with van der Waals surface area (Å²) in [6.45, 7) is 2.16. The molecule has 0 aliphatic heterocycles. The molecule has 0 saturated heterocycles. The van der Waals surface area contributed by atoms with Crippen LogP contribution in [0.3, 0.4) is 0 Å². The summed E-state index contributed by atoms with van der Waals surface area (Å²) < 4.78 is 9.95. The van der Waals surface area contributed by atoms with Crippen LogP contribution in [0.15, 0.2) is 59.6 Å². The molecule has 0 N–H and O–H groups in total. The van der Waals surface area contributed by atoms with E-state index in [0.717, 1.165) is 22.6 Å². The molecular formula is C19H19NO3. The highest BCUT2D eigenvalue weighted by Gasteiger charge is 1.95. The van der Waals surface area contributed by atoms with Crippen molar-refractivity contribution < 1.29 is 14.3 Å². The molecule has 0 saturated carbocycles. The van der Waals surface area contributed by atoms with Gasteiger partial charge in [0.05, 0.1) is 19.4 Å². The third-order valence-corrected chi connectivity index (χ3v) is 3.07. The molecule has 2 rings (SSSR count). The Kier molecular flexibility index (Phi) is 6.12. The van der Waals surface area contributed by atoms with Crippen LogP contribution in [-0.2, 0) is 9.53 Å². The third kappa shape index (κ3) is 5.43. The lowest BCUT2D eigenvalue weighted by atomic mass is 10.2. The van der Waals surface area contributed by atoms with Crippen LogP contribution in [0, 0.1) is 0 Å². The molecule has 0 aliphatic carbocycles. The van der Waals surface area contributed by atoms with Crippen molar-refractivity contribution in [2.45, 2.75) is 6.92 Å². The van der Waals surface area contributed by atoms with Crippen LogP contribution < -0.4 is 4.74 Å². The Bertz CT molecular complexity index is 686. The summed E-state index contributed by atoms with van der Waals surface area (Å²) >= 11 is 0. The molecule has 0 fully saturated rings. The van der Waals surface area contributed by atoms with Crippen molar-refractivity contribution in [1.82, 2.24) is 0 Å². The largest absolute Gasteiger partial charge is 0.497 e. The van der Waals surface area contributed by atoms with E-state index in [0.29, 0.717) is 6.61 Å². The van der Waals surface area contributed by atoms with Gasteiger partial charge in [0.1, 0.15) is 5.75 Å². The molecule has 2 aromatic rings. The number of esters is 1. The minimum atomic E-state index is -0.339. The van der Waals surface area contributed by atoms with Gasteiger partial charge < -0.3 is 9.47 Å². The van der Waals surface area contributed by atoms with Crippen molar-refractivity contribution in [3.8, 4) is 5.75 Å². The number of carbonyl (C=O) groups excluding carboxylic acids is 1. The van der Waals surface area contributed by atoms with Crippen LogP contribution in [0.5, 0.6) is 5.75 Å². The van der Waals surface area contributed by atoms with Crippen LogP contribution in [0.2, 0.25) is 0 Å². The van der Waals surface area contributed by atoms with Gasteiger partial charge in [0.15, 0.2) is 0 Å². The standard InChI is InChI=1S/C19H19NO3/c1-3-23-19(21)13-8-15-4-9-17(10-5-15)20-14-16-6-11-18(22-2)12-7-16/h4-14H,3H2,1-2H3/b13-8-,20-14?. The average molecular weight is 309 g/mol. The fourth-order valence-electron chi connectivity index (χ4n) is 1.87. The summed E-state index contributed by atoms with van der Waals surface area (Å²) in [4.78, 5) is 15.7. The summed E-state index contributed by atoms with van der Waals surface area (Å²) in [7, 11) is 1.64. The molecule has 0 spiro atoms. The summed E-state index contributed by atoms with van der Waals surface area (Å²) in [6.07, 6.45) is 4.93. The van der Waals surface area contributed by atoms with E-state index in [1.807, 2.05) is 48.5 Å². The first-order chi connectivity index (χ1) is 11.2. The number of rotatable bonds is 6. The molecule has 0 aromatic heterocycles. The maximum absolute atomic E-state index is 11.2. The predicted molar refractivity (Wildman–Crippen MR) is 92.4 cm³/mol. The summed E-state index contributed by atoms with van der Waals surface area (Å²) in [5.41, 5.74) is 2.76. The predicted octanol–water partition coefficient (Wildman–Crippen LogP) is 4.02.